The zero-order valence-electron chi connectivity index (χ0n) is 9.58. The lowest BCUT2D eigenvalue weighted by atomic mass is 10.2. The van der Waals surface area contributed by atoms with E-state index in [0.717, 1.165) is 31.5 Å². The Labute approximate surface area is 91.0 Å². The molecule has 15 heavy (non-hydrogen) atoms. The van der Waals surface area contributed by atoms with Crippen molar-refractivity contribution in [1.29, 1.82) is 5.41 Å². The van der Waals surface area contributed by atoms with E-state index in [1.54, 1.807) is 0 Å². The molecule has 0 spiro atoms. The van der Waals surface area contributed by atoms with Gasteiger partial charge in [0.2, 0.25) is 0 Å². The van der Waals surface area contributed by atoms with Gasteiger partial charge in [-0.15, -0.1) is 0 Å². The van der Waals surface area contributed by atoms with Crippen LogP contribution in [0.5, 0.6) is 0 Å². The summed E-state index contributed by atoms with van der Waals surface area (Å²) in [4.78, 5) is 0. The van der Waals surface area contributed by atoms with Gasteiger partial charge in [-0.05, 0) is 25.3 Å². The van der Waals surface area contributed by atoms with Crippen LogP contribution < -0.4 is 5.73 Å². The highest BCUT2D eigenvalue weighted by molar-refractivity contribution is 5.76. The first kappa shape index (κ1) is 11.8. The second-order valence-electron chi connectivity index (χ2n) is 3.69. The molecule has 0 aliphatic rings. The van der Waals surface area contributed by atoms with Crippen LogP contribution in [0.3, 0.4) is 0 Å². The fourth-order valence-corrected chi connectivity index (χ4v) is 1.59. The molecule has 0 unspecified atom stereocenters. The lowest BCUT2D eigenvalue weighted by Gasteiger charge is -2.04. The number of aryl methyl sites for hydroxylation is 3. The Morgan fingerprint density at radius 1 is 1.47 bits per heavy atom. The normalized spacial score (nSPS) is 10.5. The van der Waals surface area contributed by atoms with E-state index in [-0.39, 0.29) is 5.84 Å². The van der Waals surface area contributed by atoms with E-state index in [1.807, 2.05) is 4.68 Å². The summed E-state index contributed by atoms with van der Waals surface area (Å²) in [6.07, 6.45) is 3.54. The van der Waals surface area contributed by atoms with Gasteiger partial charge in [-0.1, -0.05) is 13.8 Å². The maximum atomic E-state index is 7.15. The molecule has 0 aliphatic carbocycles. The summed E-state index contributed by atoms with van der Waals surface area (Å²) in [5.74, 6) is 0.260. The fourth-order valence-electron chi connectivity index (χ4n) is 1.59. The van der Waals surface area contributed by atoms with Crippen LogP contribution in [0.1, 0.15) is 38.1 Å². The monoisotopic (exact) mass is 208 g/mol. The Hall–Kier alpha value is -1.32. The summed E-state index contributed by atoms with van der Waals surface area (Å²) in [5, 5.41) is 11.6. The molecule has 0 aromatic carbocycles. The van der Waals surface area contributed by atoms with Crippen molar-refractivity contribution in [2.24, 2.45) is 5.73 Å². The van der Waals surface area contributed by atoms with Crippen molar-refractivity contribution in [3.8, 4) is 0 Å². The van der Waals surface area contributed by atoms with Crippen molar-refractivity contribution in [2.75, 3.05) is 0 Å². The van der Waals surface area contributed by atoms with Gasteiger partial charge in [-0.25, -0.2) is 0 Å². The molecular formula is C11H20N4. The molecule has 0 radical (unpaired) electrons. The van der Waals surface area contributed by atoms with Gasteiger partial charge in [0.05, 0.1) is 11.5 Å². The molecule has 4 heteroatoms. The SMILES string of the molecule is CCc1cc(CC)n(CCCC(=N)N)n1. The van der Waals surface area contributed by atoms with Crippen LogP contribution in [0.15, 0.2) is 6.07 Å². The van der Waals surface area contributed by atoms with Gasteiger partial charge in [0, 0.05) is 18.7 Å². The van der Waals surface area contributed by atoms with Crippen LogP contribution >= 0.6 is 0 Å². The minimum absolute atomic E-state index is 0.260. The molecule has 0 aliphatic heterocycles. The molecule has 0 atom stereocenters. The maximum absolute atomic E-state index is 7.15. The molecule has 0 fully saturated rings. The molecule has 0 saturated carbocycles. The van der Waals surface area contributed by atoms with Gasteiger partial charge in [-0.2, -0.15) is 5.10 Å². The molecule has 1 aromatic heterocycles. The number of nitrogens with two attached hydrogens (primary N) is 1. The smallest absolute Gasteiger partial charge is 0.0905 e. The minimum Gasteiger partial charge on any atom is -0.388 e. The molecule has 1 aromatic rings. The van der Waals surface area contributed by atoms with Gasteiger partial charge in [-0.3, -0.25) is 10.1 Å². The standard InChI is InChI=1S/C11H20N4/c1-3-9-8-10(4-2)15(14-9)7-5-6-11(12)13/h8H,3-7H2,1-2H3,(H3,12,13). The van der Waals surface area contributed by atoms with Crippen LogP contribution in [-0.2, 0) is 19.4 Å². The van der Waals surface area contributed by atoms with E-state index in [0.29, 0.717) is 6.42 Å². The van der Waals surface area contributed by atoms with Crippen LogP contribution in [0.2, 0.25) is 0 Å². The van der Waals surface area contributed by atoms with Crippen LogP contribution in [0.4, 0.5) is 0 Å². The number of nitrogens with one attached hydrogen (secondary N) is 1. The zero-order chi connectivity index (χ0) is 11.3. The quantitative estimate of drug-likeness (QED) is 0.552. The predicted molar refractivity (Wildman–Crippen MR) is 62.1 cm³/mol. The molecule has 4 nitrogen and oxygen atoms in total. The summed E-state index contributed by atoms with van der Waals surface area (Å²) >= 11 is 0. The highest BCUT2D eigenvalue weighted by Gasteiger charge is 2.04. The number of hydrogen-bond donors (Lipinski definition) is 2. The third-order valence-electron chi connectivity index (χ3n) is 2.45. The van der Waals surface area contributed by atoms with Gasteiger partial charge in [0.15, 0.2) is 0 Å². The molecule has 84 valence electrons. The highest BCUT2D eigenvalue weighted by atomic mass is 15.3. The van der Waals surface area contributed by atoms with Gasteiger partial charge in [0.1, 0.15) is 0 Å². The molecule has 1 rings (SSSR count). The minimum atomic E-state index is 0.260. The van der Waals surface area contributed by atoms with E-state index in [2.05, 4.69) is 25.0 Å². The number of hydrogen-bond acceptors (Lipinski definition) is 2. The van der Waals surface area contributed by atoms with Crippen molar-refractivity contribution in [1.82, 2.24) is 9.78 Å². The van der Waals surface area contributed by atoms with Gasteiger partial charge >= 0.3 is 0 Å². The summed E-state index contributed by atoms with van der Waals surface area (Å²) in [5.41, 5.74) is 7.73. The Morgan fingerprint density at radius 3 is 2.73 bits per heavy atom. The van der Waals surface area contributed by atoms with Crippen molar-refractivity contribution in [2.45, 2.75) is 46.1 Å². The predicted octanol–water partition coefficient (Wildman–Crippen LogP) is 1.72. The van der Waals surface area contributed by atoms with Crippen molar-refractivity contribution in [3.05, 3.63) is 17.5 Å². The third kappa shape index (κ3) is 3.38. The summed E-state index contributed by atoms with van der Waals surface area (Å²) in [6, 6.07) is 2.16. The molecule has 3 N–H and O–H groups in total. The average molecular weight is 208 g/mol. The number of aromatic nitrogens is 2. The molecule has 0 saturated heterocycles. The number of nitrogens with zero attached hydrogens (tertiary/aromatic N) is 2. The van der Waals surface area contributed by atoms with Gasteiger partial charge in [0.25, 0.3) is 0 Å². The third-order valence-corrected chi connectivity index (χ3v) is 2.45. The highest BCUT2D eigenvalue weighted by Crippen LogP contribution is 2.07. The van der Waals surface area contributed by atoms with Crippen LogP contribution in [0.25, 0.3) is 0 Å². The van der Waals surface area contributed by atoms with E-state index in [9.17, 15) is 0 Å². The first-order valence-corrected chi connectivity index (χ1v) is 5.55. The number of rotatable bonds is 6. The molecule has 0 amide bonds. The average Bonchev–Trinajstić information content (AvgIpc) is 2.60. The van der Waals surface area contributed by atoms with E-state index in [4.69, 9.17) is 11.1 Å². The van der Waals surface area contributed by atoms with E-state index < -0.39 is 0 Å². The van der Waals surface area contributed by atoms with Crippen molar-refractivity contribution in [3.63, 3.8) is 0 Å². The van der Waals surface area contributed by atoms with E-state index >= 15 is 0 Å². The molecule has 0 bridgehead atoms. The zero-order valence-corrected chi connectivity index (χ0v) is 9.58. The fraction of sp³-hybridized carbons (Fsp3) is 0.636. The Kier molecular flexibility index (Phi) is 4.34. The first-order chi connectivity index (χ1) is 7.17. The molecule has 1 heterocycles. The van der Waals surface area contributed by atoms with E-state index in [1.165, 1.54) is 5.69 Å². The Morgan fingerprint density at radius 2 is 2.20 bits per heavy atom. The summed E-state index contributed by atoms with van der Waals surface area (Å²) in [7, 11) is 0. The Bertz CT molecular complexity index is 327. The lowest BCUT2D eigenvalue weighted by Crippen LogP contribution is -2.12. The van der Waals surface area contributed by atoms with Crippen LogP contribution in [-0.4, -0.2) is 15.6 Å². The Balaban J connectivity index is 2.58. The van der Waals surface area contributed by atoms with Crippen LogP contribution in [0, 0.1) is 5.41 Å². The molecular weight excluding hydrogens is 188 g/mol. The number of amidine groups is 1. The first-order valence-electron chi connectivity index (χ1n) is 5.55. The second-order valence-corrected chi connectivity index (χ2v) is 3.69. The van der Waals surface area contributed by atoms with Crippen molar-refractivity contribution < 1.29 is 0 Å². The van der Waals surface area contributed by atoms with Gasteiger partial charge < -0.3 is 5.73 Å². The largest absolute Gasteiger partial charge is 0.388 e. The lowest BCUT2D eigenvalue weighted by molar-refractivity contribution is 0.559. The summed E-state index contributed by atoms with van der Waals surface area (Å²) in [6.45, 7) is 5.11. The summed E-state index contributed by atoms with van der Waals surface area (Å²) < 4.78 is 2.04. The van der Waals surface area contributed by atoms with Crippen molar-refractivity contribution >= 4 is 5.84 Å². The maximum Gasteiger partial charge on any atom is 0.0905 e. The topological polar surface area (TPSA) is 67.7 Å². The second kappa shape index (κ2) is 5.53.